The Hall–Kier alpha value is -2.08. The summed E-state index contributed by atoms with van der Waals surface area (Å²) < 4.78 is 10.7. The summed E-state index contributed by atoms with van der Waals surface area (Å²) in [7, 11) is 1.52. The van der Waals surface area contributed by atoms with Crippen LogP contribution in [0.25, 0.3) is 0 Å². The Kier molecular flexibility index (Phi) is 7.25. The van der Waals surface area contributed by atoms with Gasteiger partial charge in [-0.3, -0.25) is 9.59 Å². The Labute approximate surface area is 162 Å². The molecule has 0 bridgehead atoms. The van der Waals surface area contributed by atoms with Gasteiger partial charge in [0.25, 0.3) is 5.91 Å². The molecule has 0 unspecified atom stereocenters. The molecule has 1 aromatic rings. The van der Waals surface area contributed by atoms with Crippen molar-refractivity contribution in [2.75, 3.05) is 33.4 Å². The van der Waals surface area contributed by atoms with Crippen LogP contribution in [0.4, 0.5) is 0 Å². The molecule has 0 spiro atoms. The number of piperidine rings is 1. The zero-order valence-corrected chi connectivity index (χ0v) is 17.1. The minimum Gasteiger partial charge on any atom is -0.483 e. The van der Waals surface area contributed by atoms with Crippen LogP contribution in [-0.2, 0) is 19.7 Å². The SMILES string of the molecule is COCC(=O)N1CCC(NC(=O)COc2ccc(C)cc2C(C)(C)C)CC1. The average molecular weight is 376 g/mol. The second-order valence-electron chi connectivity index (χ2n) is 8.19. The molecule has 1 heterocycles. The Morgan fingerprint density at radius 2 is 1.85 bits per heavy atom. The normalized spacial score (nSPS) is 15.5. The van der Waals surface area contributed by atoms with E-state index < -0.39 is 0 Å². The molecule has 0 aromatic heterocycles. The van der Waals surface area contributed by atoms with Crippen LogP contribution in [0.2, 0.25) is 0 Å². The van der Waals surface area contributed by atoms with Gasteiger partial charge in [-0.15, -0.1) is 0 Å². The number of rotatable bonds is 6. The van der Waals surface area contributed by atoms with E-state index in [0.717, 1.165) is 24.2 Å². The zero-order chi connectivity index (χ0) is 20.0. The Morgan fingerprint density at radius 3 is 2.44 bits per heavy atom. The maximum atomic E-state index is 12.3. The van der Waals surface area contributed by atoms with Crippen molar-refractivity contribution in [3.05, 3.63) is 29.3 Å². The molecule has 150 valence electrons. The van der Waals surface area contributed by atoms with Crippen LogP contribution in [0.15, 0.2) is 18.2 Å². The average Bonchev–Trinajstić information content (AvgIpc) is 2.60. The number of aryl methyl sites for hydroxylation is 1. The lowest BCUT2D eigenvalue weighted by atomic mass is 9.85. The summed E-state index contributed by atoms with van der Waals surface area (Å²) in [6.45, 7) is 9.83. The first-order valence-corrected chi connectivity index (χ1v) is 9.50. The lowest BCUT2D eigenvalue weighted by Crippen LogP contribution is -2.48. The third-order valence-corrected chi connectivity index (χ3v) is 4.78. The van der Waals surface area contributed by atoms with Gasteiger partial charge in [-0.2, -0.15) is 0 Å². The smallest absolute Gasteiger partial charge is 0.258 e. The van der Waals surface area contributed by atoms with Crippen LogP contribution in [0.5, 0.6) is 5.75 Å². The molecular formula is C21H32N2O4. The van der Waals surface area contributed by atoms with Crippen molar-refractivity contribution < 1.29 is 19.1 Å². The Balaban J connectivity index is 1.83. The largest absolute Gasteiger partial charge is 0.483 e. The topological polar surface area (TPSA) is 67.9 Å². The number of hydrogen-bond donors (Lipinski definition) is 1. The summed E-state index contributed by atoms with van der Waals surface area (Å²) in [6.07, 6.45) is 1.50. The predicted octanol–water partition coefficient (Wildman–Crippen LogP) is 2.42. The number of nitrogens with zero attached hydrogens (tertiary/aromatic N) is 1. The van der Waals surface area contributed by atoms with Crippen LogP contribution < -0.4 is 10.1 Å². The maximum absolute atomic E-state index is 12.3. The standard InChI is InChI=1S/C21H32N2O4/c1-15-6-7-18(17(12-15)21(2,3)4)27-13-19(24)22-16-8-10-23(11-9-16)20(25)14-26-5/h6-7,12,16H,8-11,13-14H2,1-5H3,(H,22,24). The van der Waals surface area contributed by atoms with Crippen LogP contribution in [-0.4, -0.2) is 56.2 Å². The molecule has 1 fully saturated rings. The van der Waals surface area contributed by atoms with Gasteiger partial charge in [0.1, 0.15) is 12.4 Å². The number of hydrogen-bond acceptors (Lipinski definition) is 4. The van der Waals surface area contributed by atoms with Crippen molar-refractivity contribution in [2.45, 2.75) is 52.0 Å². The fourth-order valence-electron chi connectivity index (χ4n) is 3.26. The van der Waals surface area contributed by atoms with Crippen molar-refractivity contribution in [2.24, 2.45) is 0 Å². The molecule has 27 heavy (non-hydrogen) atoms. The summed E-state index contributed by atoms with van der Waals surface area (Å²) in [5.74, 6) is 0.625. The summed E-state index contributed by atoms with van der Waals surface area (Å²) in [5.41, 5.74) is 2.21. The molecule has 1 aliphatic rings. The van der Waals surface area contributed by atoms with Crippen molar-refractivity contribution >= 4 is 11.8 Å². The fraction of sp³-hybridized carbons (Fsp3) is 0.619. The van der Waals surface area contributed by atoms with E-state index in [2.05, 4.69) is 39.1 Å². The monoisotopic (exact) mass is 376 g/mol. The van der Waals surface area contributed by atoms with Gasteiger partial charge in [-0.05, 0) is 36.8 Å². The van der Waals surface area contributed by atoms with E-state index in [1.165, 1.54) is 12.7 Å². The van der Waals surface area contributed by atoms with E-state index in [0.29, 0.717) is 13.1 Å². The molecule has 1 N–H and O–H groups in total. The second-order valence-corrected chi connectivity index (χ2v) is 8.19. The van der Waals surface area contributed by atoms with E-state index in [1.807, 2.05) is 12.1 Å². The van der Waals surface area contributed by atoms with E-state index >= 15 is 0 Å². The lowest BCUT2D eigenvalue weighted by Gasteiger charge is -2.32. The summed E-state index contributed by atoms with van der Waals surface area (Å²) in [4.78, 5) is 25.9. The van der Waals surface area contributed by atoms with Crippen molar-refractivity contribution in [3.8, 4) is 5.75 Å². The number of methoxy groups -OCH3 is 1. The van der Waals surface area contributed by atoms with Gasteiger partial charge in [0.15, 0.2) is 6.61 Å². The van der Waals surface area contributed by atoms with E-state index in [1.54, 1.807) is 4.90 Å². The Morgan fingerprint density at radius 1 is 1.19 bits per heavy atom. The molecule has 2 rings (SSSR count). The summed E-state index contributed by atoms with van der Waals surface area (Å²) in [6, 6.07) is 6.12. The third kappa shape index (κ3) is 6.24. The lowest BCUT2D eigenvalue weighted by molar-refractivity contribution is -0.136. The van der Waals surface area contributed by atoms with Gasteiger partial charge in [0.05, 0.1) is 0 Å². The minimum atomic E-state index is -0.128. The summed E-state index contributed by atoms with van der Waals surface area (Å²) >= 11 is 0. The minimum absolute atomic E-state index is 0.000286. The highest BCUT2D eigenvalue weighted by atomic mass is 16.5. The molecular weight excluding hydrogens is 344 g/mol. The first kappa shape index (κ1) is 21.2. The first-order valence-electron chi connectivity index (χ1n) is 9.50. The van der Waals surface area contributed by atoms with Gasteiger partial charge >= 0.3 is 0 Å². The van der Waals surface area contributed by atoms with E-state index in [9.17, 15) is 9.59 Å². The highest BCUT2D eigenvalue weighted by Gasteiger charge is 2.24. The van der Waals surface area contributed by atoms with Gasteiger partial charge < -0.3 is 19.7 Å². The van der Waals surface area contributed by atoms with Crippen LogP contribution in [0.1, 0.15) is 44.7 Å². The maximum Gasteiger partial charge on any atom is 0.258 e. The van der Waals surface area contributed by atoms with Crippen LogP contribution in [0, 0.1) is 6.92 Å². The number of carbonyl (C=O) groups is 2. The predicted molar refractivity (Wildman–Crippen MR) is 105 cm³/mol. The van der Waals surface area contributed by atoms with E-state index in [-0.39, 0.29) is 36.5 Å². The number of likely N-dealkylation sites (tertiary alicyclic amines) is 1. The first-order chi connectivity index (χ1) is 12.7. The highest BCUT2D eigenvalue weighted by Crippen LogP contribution is 2.32. The summed E-state index contributed by atoms with van der Waals surface area (Å²) in [5, 5.41) is 3.02. The van der Waals surface area contributed by atoms with Gasteiger partial charge in [-0.1, -0.05) is 38.5 Å². The highest BCUT2D eigenvalue weighted by molar-refractivity contribution is 5.78. The number of nitrogens with one attached hydrogen (secondary N) is 1. The van der Waals surface area contributed by atoms with Crippen LogP contribution >= 0.6 is 0 Å². The van der Waals surface area contributed by atoms with Crippen molar-refractivity contribution in [1.29, 1.82) is 0 Å². The molecule has 0 radical (unpaired) electrons. The van der Waals surface area contributed by atoms with Gasteiger partial charge in [0, 0.05) is 26.2 Å². The van der Waals surface area contributed by atoms with Crippen molar-refractivity contribution in [3.63, 3.8) is 0 Å². The molecule has 0 saturated carbocycles. The van der Waals surface area contributed by atoms with Crippen LogP contribution in [0.3, 0.4) is 0 Å². The Bertz CT molecular complexity index is 659. The molecule has 6 heteroatoms. The molecule has 2 amide bonds. The van der Waals surface area contributed by atoms with Crippen molar-refractivity contribution in [1.82, 2.24) is 10.2 Å². The molecule has 1 aromatic carbocycles. The molecule has 1 aliphatic heterocycles. The number of amides is 2. The van der Waals surface area contributed by atoms with E-state index in [4.69, 9.17) is 9.47 Å². The van der Waals surface area contributed by atoms with Gasteiger partial charge in [-0.25, -0.2) is 0 Å². The zero-order valence-electron chi connectivity index (χ0n) is 17.1. The number of carbonyl (C=O) groups excluding carboxylic acids is 2. The van der Waals surface area contributed by atoms with Gasteiger partial charge in [0.2, 0.25) is 5.91 Å². The molecule has 6 nitrogen and oxygen atoms in total. The second kappa shape index (κ2) is 9.22. The quantitative estimate of drug-likeness (QED) is 0.828. The number of benzene rings is 1. The third-order valence-electron chi connectivity index (χ3n) is 4.78. The molecule has 1 saturated heterocycles. The number of ether oxygens (including phenoxy) is 2. The molecule has 0 aliphatic carbocycles. The molecule has 0 atom stereocenters. The fourth-order valence-corrected chi connectivity index (χ4v) is 3.26.